The number of hydrogen-bond donors (Lipinski definition) is 1. The summed E-state index contributed by atoms with van der Waals surface area (Å²) >= 11 is 0. The molecule has 0 bridgehead atoms. The molecular formula is C24H31FN4O4. The van der Waals surface area contributed by atoms with Gasteiger partial charge in [-0.15, -0.1) is 0 Å². The average molecular weight is 459 g/mol. The largest absolute Gasteiger partial charge is 0.463 e. The molecule has 0 unspecified atom stereocenters. The van der Waals surface area contributed by atoms with Gasteiger partial charge in [-0.05, 0) is 44.4 Å². The molecule has 178 valence electrons. The highest BCUT2D eigenvalue weighted by molar-refractivity contribution is 5.95. The average Bonchev–Trinajstić information content (AvgIpc) is 3.62. The molecule has 2 aliphatic heterocycles. The van der Waals surface area contributed by atoms with Gasteiger partial charge >= 0.3 is 12.0 Å². The van der Waals surface area contributed by atoms with Crippen molar-refractivity contribution in [2.24, 2.45) is 5.92 Å². The minimum atomic E-state index is -0.737. The third-order valence-electron chi connectivity index (χ3n) is 6.57. The number of carbonyl (C=O) groups is 3. The number of esters is 1. The first-order valence-electron chi connectivity index (χ1n) is 11.5. The summed E-state index contributed by atoms with van der Waals surface area (Å²) in [6.45, 7) is 6.25. The first-order chi connectivity index (χ1) is 15.8. The van der Waals surface area contributed by atoms with Crippen LogP contribution in [0.4, 0.5) is 9.18 Å². The molecule has 0 radical (unpaired) electrons. The third kappa shape index (κ3) is 4.88. The second-order valence-corrected chi connectivity index (χ2v) is 8.96. The normalized spacial score (nSPS) is 24.1. The van der Waals surface area contributed by atoms with E-state index in [9.17, 15) is 18.8 Å². The number of benzene rings is 1. The number of nitrogens with zero attached hydrogens (tertiary/aromatic N) is 3. The van der Waals surface area contributed by atoms with Crippen molar-refractivity contribution in [1.29, 1.82) is 0 Å². The van der Waals surface area contributed by atoms with Crippen LogP contribution < -0.4 is 5.32 Å². The number of urea groups is 1. The predicted molar refractivity (Wildman–Crippen MR) is 119 cm³/mol. The summed E-state index contributed by atoms with van der Waals surface area (Å²) in [5.74, 6) is -0.488. The van der Waals surface area contributed by atoms with Gasteiger partial charge in [-0.3, -0.25) is 14.6 Å². The molecule has 1 N–H and O–H groups in total. The van der Waals surface area contributed by atoms with Crippen molar-refractivity contribution in [1.82, 2.24) is 20.0 Å². The lowest BCUT2D eigenvalue weighted by Crippen LogP contribution is -2.56. The van der Waals surface area contributed by atoms with Crippen LogP contribution in [0.3, 0.4) is 0 Å². The van der Waals surface area contributed by atoms with Crippen LogP contribution in [0.2, 0.25) is 0 Å². The number of hydrogen-bond acceptors (Lipinski definition) is 5. The lowest BCUT2D eigenvalue weighted by atomic mass is 9.94. The van der Waals surface area contributed by atoms with Crippen LogP contribution in [-0.4, -0.2) is 78.5 Å². The van der Waals surface area contributed by atoms with Crippen LogP contribution >= 0.6 is 0 Å². The molecule has 2 fully saturated rings. The number of ether oxygens (including phenoxy) is 1. The Morgan fingerprint density at radius 3 is 2.48 bits per heavy atom. The standard InChI is InChI=1S/C24H31FN4O4/c1-4-33-23(31)20-19(14-28-11-12-29(15(2)13-28)22(30)17-5-6-17)27(3)24(32)26-21(20)16-7-9-18(25)10-8-16/h7-10,15,17,21H,4-6,11-14H2,1-3H3,(H,26,32)/t15-,21+/m0/s1. The van der Waals surface area contributed by atoms with Gasteiger partial charge in [0.2, 0.25) is 5.91 Å². The Bertz CT molecular complexity index is 960. The Balaban J connectivity index is 1.62. The van der Waals surface area contributed by atoms with Crippen LogP contribution in [0.25, 0.3) is 0 Å². The highest BCUT2D eigenvalue weighted by Crippen LogP contribution is 2.34. The first kappa shape index (κ1) is 23.2. The summed E-state index contributed by atoms with van der Waals surface area (Å²) in [5, 5.41) is 2.84. The molecule has 2 atom stereocenters. The number of amides is 3. The van der Waals surface area contributed by atoms with Crippen LogP contribution in [0, 0.1) is 11.7 Å². The molecule has 9 heteroatoms. The second-order valence-electron chi connectivity index (χ2n) is 8.96. The maximum absolute atomic E-state index is 13.5. The van der Waals surface area contributed by atoms with Crippen LogP contribution in [-0.2, 0) is 14.3 Å². The van der Waals surface area contributed by atoms with Gasteiger partial charge in [-0.1, -0.05) is 12.1 Å². The number of likely N-dealkylation sites (N-methyl/N-ethyl adjacent to an activating group) is 1. The van der Waals surface area contributed by atoms with Crippen molar-refractivity contribution < 1.29 is 23.5 Å². The zero-order chi connectivity index (χ0) is 23.7. The maximum atomic E-state index is 13.5. The number of nitrogens with one attached hydrogen (secondary N) is 1. The summed E-state index contributed by atoms with van der Waals surface area (Å²) in [7, 11) is 1.63. The molecule has 3 aliphatic rings. The summed E-state index contributed by atoms with van der Waals surface area (Å²) in [5.41, 5.74) is 1.50. The Kier molecular flexibility index (Phi) is 6.69. The number of carbonyl (C=O) groups excluding carboxylic acids is 3. The molecule has 1 aromatic rings. The van der Waals surface area contributed by atoms with Crippen molar-refractivity contribution in [3.05, 3.63) is 46.9 Å². The number of piperazine rings is 1. The molecule has 8 nitrogen and oxygen atoms in total. The van der Waals surface area contributed by atoms with Crippen molar-refractivity contribution in [2.75, 3.05) is 39.8 Å². The fourth-order valence-corrected chi connectivity index (χ4v) is 4.58. The van der Waals surface area contributed by atoms with Gasteiger partial charge in [0.25, 0.3) is 0 Å². The van der Waals surface area contributed by atoms with Crippen molar-refractivity contribution in [2.45, 2.75) is 38.8 Å². The fourth-order valence-electron chi connectivity index (χ4n) is 4.58. The van der Waals surface area contributed by atoms with Crippen LogP contribution in [0.15, 0.2) is 35.5 Å². The van der Waals surface area contributed by atoms with E-state index in [0.717, 1.165) is 12.8 Å². The third-order valence-corrected chi connectivity index (χ3v) is 6.57. The number of halogens is 1. The SMILES string of the molecule is CCOC(=O)C1=C(CN2CCN(C(=O)C3CC3)[C@@H](C)C2)N(C)C(=O)N[C@@H]1c1ccc(F)cc1. The Hall–Kier alpha value is -2.94. The molecule has 3 amide bonds. The maximum Gasteiger partial charge on any atom is 0.338 e. The quantitative estimate of drug-likeness (QED) is 0.662. The van der Waals surface area contributed by atoms with Gasteiger partial charge in [0.1, 0.15) is 5.82 Å². The van der Waals surface area contributed by atoms with Crippen molar-refractivity contribution in [3.63, 3.8) is 0 Å². The first-order valence-corrected chi connectivity index (χ1v) is 11.5. The topological polar surface area (TPSA) is 82.2 Å². The van der Waals surface area contributed by atoms with Gasteiger partial charge in [-0.25, -0.2) is 14.0 Å². The molecule has 1 aliphatic carbocycles. The van der Waals surface area contributed by atoms with E-state index in [0.29, 0.717) is 43.0 Å². The van der Waals surface area contributed by atoms with E-state index in [4.69, 9.17) is 4.74 Å². The Morgan fingerprint density at radius 2 is 1.88 bits per heavy atom. The lowest BCUT2D eigenvalue weighted by Gasteiger charge is -2.42. The van der Waals surface area contributed by atoms with E-state index < -0.39 is 17.8 Å². The summed E-state index contributed by atoms with van der Waals surface area (Å²) in [6.07, 6.45) is 1.96. The number of rotatable bonds is 6. The Morgan fingerprint density at radius 1 is 1.18 bits per heavy atom. The van der Waals surface area contributed by atoms with Crippen LogP contribution in [0.5, 0.6) is 0 Å². The molecule has 4 rings (SSSR count). The molecular weight excluding hydrogens is 427 g/mol. The zero-order valence-corrected chi connectivity index (χ0v) is 19.3. The minimum absolute atomic E-state index is 0.0501. The van der Waals surface area contributed by atoms with E-state index in [1.54, 1.807) is 26.1 Å². The van der Waals surface area contributed by atoms with E-state index in [1.165, 1.54) is 17.0 Å². The molecule has 1 aromatic carbocycles. The smallest absolute Gasteiger partial charge is 0.338 e. The summed E-state index contributed by atoms with van der Waals surface area (Å²) < 4.78 is 18.8. The highest BCUT2D eigenvalue weighted by atomic mass is 19.1. The van der Waals surface area contributed by atoms with E-state index >= 15 is 0 Å². The molecule has 1 saturated carbocycles. The van der Waals surface area contributed by atoms with E-state index in [1.807, 2.05) is 11.8 Å². The monoisotopic (exact) mass is 458 g/mol. The molecule has 2 heterocycles. The van der Waals surface area contributed by atoms with Gasteiger partial charge < -0.3 is 15.0 Å². The van der Waals surface area contributed by atoms with Gasteiger partial charge in [0, 0.05) is 50.9 Å². The van der Waals surface area contributed by atoms with Crippen molar-refractivity contribution in [3.8, 4) is 0 Å². The highest BCUT2D eigenvalue weighted by Gasteiger charge is 2.40. The minimum Gasteiger partial charge on any atom is -0.463 e. The molecule has 0 aromatic heterocycles. The van der Waals surface area contributed by atoms with Gasteiger partial charge in [-0.2, -0.15) is 0 Å². The molecule has 1 saturated heterocycles. The molecule has 33 heavy (non-hydrogen) atoms. The van der Waals surface area contributed by atoms with Crippen molar-refractivity contribution >= 4 is 17.9 Å². The molecule has 0 spiro atoms. The van der Waals surface area contributed by atoms with Crippen LogP contribution in [0.1, 0.15) is 38.3 Å². The van der Waals surface area contributed by atoms with Gasteiger partial charge in [0.05, 0.1) is 18.2 Å². The predicted octanol–water partition coefficient (Wildman–Crippen LogP) is 2.28. The summed E-state index contributed by atoms with van der Waals surface area (Å²) in [4.78, 5) is 43.9. The van der Waals surface area contributed by atoms with E-state index in [-0.39, 0.29) is 30.5 Å². The Labute approximate surface area is 193 Å². The zero-order valence-electron chi connectivity index (χ0n) is 19.3. The van der Waals surface area contributed by atoms with E-state index in [2.05, 4.69) is 10.2 Å². The second kappa shape index (κ2) is 9.51. The van der Waals surface area contributed by atoms with Gasteiger partial charge in [0.15, 0.2) is 0 Å². The fraction of sp³-hybridized carbons (Fsp3) is 0.542. The lowest BCUT2D eigenvalue weighted by molar-refractivity contribution is -0.139. The summed E-state index contributed by atoms with van der Waals surface area (Å²) in [6, 6.07) is 4.70.